The molecule has 68 valence electrons. The van der Waals surface area contributed by atoms with E-state index in [1.54, 1.807) is 5.57 Å². The molecule has 1 aliphatic carbocycles. The minimum atomic E-state index is 0.718. The molecular formula is C12H20. The van der Waals surface area contributed by atoms with Crippen molar-refractivity contribution in [1.29, 1.82) is 0 Å². The topological polar surface area (TPSA) is 0 Å². The van der Waals surface area contributed by atoms with Crippen LogP contribution in [0.3, 0.4) is 0 Å². The lowest BCUT2D eigenvalue weighted by molar-refractivity contribution is 0.359. The third-order valence-electron chi connectivity index (χ3n) is 2.79. The van der Waals surface area contributed by atoms with Crippen LogP contribution in [0.1, 0.15) is 34.6 Å². The SMILES string of the molecule is CC1=CC(C)C(C(C)C)C(C)=C1. The van der Waals surface area contributed by atoms with Crippen LogP contribution >= 0.6 is 0 Å². The van der Waals surface area contributed by atoms with Crippen LogP contribution in [-0.4, -0.2) is 0 Å². The molecule has 0 fully saturated rings. The largest absolute Gasteiger partial charge is 0.0782 e. The fraction of sp³-hybridized carbons (Fsp3) is 0.667. The number of hydrogen-bond acceptors (Lipinski definition) is 0. The summed E-state index contributed by atoms with van der Waals surface area (Å²) in [7, 11) is 0. The van der Waals surface area contributed by atoms with Crippen molar-refractivity contribution < 1.29 is 0 Å². The Morgan fingerprint density at radius 2 is 1.83 bits per heavy atom. The summed E-state index contributed by atoms with van der Waals surface area (Å²) in [5.41, 5.74) is 2.98. The van der Waals surface area contributed by atoms with Crippen molar-refractivity contribution in [2.75, 3.05) is 0 Å². The molecule has 0 radical (unpaired) electrons. The van der Waals surface area contributed by atoms with Gasteiger partial charge in [-0.05, 0) is 31.6 Å². The molecule has 1 rings (SSSR count). The van der Waals surface area contributed by atoms with Crippen LogP contribution in [0.5, 0.6) is 0 Å². The van der Waals surface area contributed by atoms with Crippen LogP contribution in [0.2, 0.25) is 0 Å². The maximum absolute atomic E-state index is 2.39. The molecule has 0 amide bonds. The first-order valence-electron chi connectivity index (χ1n) is 4.89. The third-order valence-corrected chi connectivity index (χ3v) is 2.79. The van der Waals surface area contributed by atoms with Gasteiger partial charge in [-0.1, -0.05) is 44.1 Å². The average Bonchev–Trinajstić information content (AvgIpc) is 1.82. The molecule has 0 aromatic carbocycles. The van der Waals surface area contributed by atoms with Crippen LogP contribution in [0.15, 0.2) is 23.3 Å². The summed E-state index contributed by atoms with van der Waals surface area (Å²) in [6.07, 6.45) is 4.71. The van der Waals surface area contributed by atoms with Crippen molar-refractivity contribution in [3.63, 3.8) is 0 Å². The van der Waals surface area contributed by atoms with E-state index in [0.29, 0.717) is 0 Å². The lowest BCUT2D eigenvalue weighted by atomic mass is 9.75. The summed E-state index contributed by atoms with van der Waals surface area (Å²) in [4.78, 5) is 0. The first-order chi connectivity index (χ1) is 5.52. The maximum Gasteiger partial charge on any atom is -0.0119 e. The molecule has 1 aliphatic rings. The van der Waals surface area contributed by atoms with E-state index < -0.39 is 0 Å². The summed E-state index contributed by atoms with van der Waals surface area (Å²) in [6.45, 7) is 11.4. The van der Waals surface area contributed by atoms with Crippen LogP contribution in [0.25, 0.3) is 0 Å². The van der Waals surface area contributed by atoms with Gasteiger partial charge < -0.3 is 0 Å². The smallest absolute Gasteiger partial charge is 0.0119 e. The van der Waals surface area contributed by atoms with Gasteiger partial charge in [0.1, 0.15) is 0 Å². The van der Waals surface area contributed by atoms with Gasteiger partial charge in [-0.2, -0.15) is 0 Å². The van der Waals surface area contributed by atoms with Crippen molar-refractivity contribution in [2.24, 2.45) is 17.8 Å². The Morgan fingerprint density at radius 3 is 2.25 bits per heavy atom. The summed E-state index contributed by atoms with van der Waals surface area (Å²) >= 11 is 0. The van der Waals surface area contributed by atoms with E-state index in [9.17, 15) is 0 Å². The molecule has 0 N–H and O–H groups in total. The highest BCUT2D eigenvalue weighted by atomic mass is 14.3. The Bertz CT molecular complexity index is 218. The fourth-order valence-electron chi connectivity index (χ4n) is 2.57. The minimum Gasteiger partial charge on any atom is -0.0782 e. The fourth-order valence-corrected chi connectivity index (χ4v) is 2.57. The Hall–Kier alpha value is -0.520. The zero-order valence-electron chi connectivity index (χ0n) is 8.89. The van der Waals surface area contributed by atoms with Crippen molar-refractivity contribution >= 4 is 0 Å². The van der Waals surface area contributed by atoms with E-state index >= 15 is 0 Å². The molecule has 0 aliphatic heterocycles. The van der Waals surface area contributed by atoms with Crippen LogP contribution in [-0.2, 0) is 0 Å². The van der Waals surface area contributed by atoms with Gasteiger partial charge in [-0.3, -0.25) is 0 Å². The van der Waals surface area contributed by atoms with Crippen LogP contribution in [0, 0.1) is 17.8 Å². The average molecular weight is 164 g/mol. The summed E-state index contributed by atoms with van der Waals surface area (Å²) in [6, 6.07) is 0. The van der Waals surface area contributed by atoms with Gasteiger partial charge >= 0.3 is 0 Å². The van der Waals surface area contributed by atoms with Gasteiger partial charge in [0, 0.05) is 0 Å². The molecule has 0 saturated heterocycles. The van der Waals surface area contributed by atoms with E-state index in [-0.39, 0.29) is 0 Å². The standard InChI is InChI=1S/C12H20/c1-8(2)12-10(4)6-9(3)7-11(12)5/h6-8,10,12H,1-5H3. The summed E-state index contributed by atoms with van der Waals surface area (Å²) in [5, 5.41) is 0. The van der Waals surface area contributed by atoms with Gasteiger partial charge in [0.25, 0.3) is 0 Å². The zero-order chi connectivity index (χ0) is 9.30. The van der Waals surface area contributed by atoms with Gasteiger partial charge in [-0.15, -0.1) is 0 Å². The summed E-state index contributed by atoms with van der Waals surface area (Å²) < 4.78 is 0. The third kappa shape index (κ3) is 1.80. The number of hydrogen-bond donors (Lipinski definition) is 0. The molecule has 0 nitrogen and oxygen atoms in total. The van der Waals surface area contributed by atoms with Crippen molar-refractivity contribution in [3.05, 3.63) is 23.3 Å². The molecule has 2 unspecified atom stereocenters. The van der Waals surface area contributed by atoms with Crippen LogP contribution < -0.4 is 0 Å². The molecular weight excluding hydrogens is 144 g/mol. The molecule has 12 heavy (non-hydrogen) atoms. The Morgan fingerprint density at radius 1 is 1.25 bits per heavy atom. The van der Waals surface area contributed by atoms with Crippen molar-refractivity contribution in [1.82, 2.24) is 0 Å². The number of rotatable bonds is 1. The molecule has 0 spiro atoms. The van der Waals surface area contributed by atoms with E-state index in [0.717, 1.165) is 17.8 Å². The minimum absolute atomic E-state index is 0.718. The molecule has 0 bridgehead atoms. The normalized spacial score (nSPS) is 30.2. The highest BCUT2D eigenvalue weighted by Crippen LogP contribution is 2.33. The molecule has 0 aromatic rings. The second-order valence-corrected chi connectivity index (χ2v) is 4.43. The van der Waals surface area contributed by atoms with Crippen LogP contribution in [0.4, 0.5) is 0 Å². The Labute approximate surface area is 76.4 Å². The first-order valence-corrected chi connectivity index (χ1v) is 4.89. The second-order valence-electron chi connectivity index (χ2n) is 4.43. The molecule has 0 heteroatoms. The predicted octanol–water partition coefficient (Wildman–Crippen LogP) is 3.80. The predicted molar refractivity (Wildman–Crippen MR) is 55.0 cm³/mol. The Balaban J connectivity index is 2.87. The molecule has 2 atom stereocenters. The molecule has 0 aromatic heterocycles. The van der Waals surface area contributed by atoms with Gasteiger partial charge in [0.2, 0.25) is 0 Å². The van der Waals surface area contributed by atoms with Gasteiger partial charge in [0.15, 0.2) is 0 Å². The molecule has 0 saturated carbocycles. The quantitative estimate of drug-likeness (QED) is 0.553. The maximum atomic E-state index is 2.39. The van der Waals surface area contributed by atoms with Crippen molar-refractivity contribution in [2.45, 2.75) is 34.6 Å². The highest BCUT2D eigenvalue weighted by molar-refractivity contribution is 5.28. The molecule has 0 heterocycles. The van der Waals surface area contributed by atoms with E-state index in [1.807, 2.05) is 0 Å². The first kappa shape index (κ1) is 9.57. The van der Waals surface area contributed by atoms with E-state index in [2.05, 4.69) is 46.8 Å². The summed E-state index contributed by atoms with van der Waals surface area (Å²) in [5.74, 6) is 2.24. The Kier molecular flexibility index (Phi) is 2.76. The van der Waals surface area contributed by atoms with Gasteiger partial charge in [-0.25, -0.2) is 0 Å². The van der Waals surface area contributed by atoms with Crippen molar-refractivity contribution in [3.8, 4) is 0 Å². The zero-order valence-corrected chi connectivity index (χ0v) is 8.89. The lowest BCUT2D eigenvalue weighted by Crippen LogP contribution is -2.20. The van der Waals surface area contributed by atoms with E-state index in [1.165, 1.54) is 5.57 Å². The van der Waals surface area contributed by atoms with E-state index in [4.69, 9.17) is 0 Å². The van der Waals surface area contributed by atoms with Gasteiger partial charge in [0.05, 0.1) is 0 Å². The highest BCUT2D eigenvalue weighted by Gasteiger charge is 2.23. The lowest BCUT2D eigenvalue weighted by Gasteiger charge is -2.30. The second kappa shape index (κ2) is 3.47. The monoisotopic (exact) mass is 164 g/mol. The number of allylic oxidation sites excluding steroid dienone is 4.